The Bertz CT molecular complexity index is 819. The zero-order chi connectivity index (χ0) is 20.1. The molecule has 1 saturated heterocycles. The van der Waals surface area contributed by atoms with Gasteiger partial charge in [-0.1, -0.05) is 12.1 Å². The number of nitrogens with zero attached hydrogens (tertiary/aromatic N) is 3. The average molecular weight is 383 g/mol. The van der Waals surface area contributed by atoms with Gasteiger partial charge in [-0.15, -0.1) is 0 Å². The van der Waals surface area contributed by atoms with Crippen LogP contribution in [0.1, 0.15) is 46.8 Å². The maximum atomic E-state index is 13.0. The number of aryl methyl sites for hydroxylation is 1. The number of rotatable bonds is 5. The second-order valence-electron chi connectivity index (χ2n) is 7.48. The molecule has 2 aromatic rings. The maximum Gasteiger partial charge on any atom is 0.254 e. The Morgan fingerprint density at radius 3 is 2.57 bits per heavy atom. The van der Waals surface area contributed by atoms with Crippen molar-refractivity contribution < 1.29 is 14.0 Å². The fourth-order valence-electron chi connectivity index (χ4n) is 3.54. The Morgan fingerprint density at radius 2 is 1.93 bits per heavy atom. The summed E-state index contributed by atoms with van der Waals surface area (Å²) in [5, 5.41) is 0. The van der Waals surface area contributed by atoms with Crippen molar-refractivity contribution in [3.63, 3.8) is 0 Å². The Balaban J connectivity index is 1.57. The summed E-state index contributed by atoms with van der Waals surface area (Å²) in [5.74, 6) is -0.0273. The van der Waals surface area contributed by atoms with Gasteiger partial charge >= 0.3 is 0 Å². The predicted molar refractivity (Wildman–Crippen MR) is 106 cm³/mol. The zero-order valence-electron chi connectivity index (χ0n) is 16.4. The molecule has 0 spiro atoms. The number of carbonyl (C=O) groups excluding carboxylic acids is 2. The first kappa shape index (κ1) is 20.0. The van der Waals surface area contributed by atoms with Crippen LogP contribution in [0.15, 0.2) is 42.6 Å². The van der Waals surface area contributed by atoms with Crippen molar-refractivity contribution in [3.05, 3.63) is 65.2 Å². The molecule has 2 amide bonds. The molecular weight excluding hydrogens is 357 g/mol. The van der Waals surface area contributed by atoms with Crippen LogP contribution in [-0.2, 0) is 11.2 Å². The van der Waals surface area contributed by atoms with Crippen LogP contribution in [0, 0.1) is 5.82 Å². The molecular formula is C22H26FN3O2. The van der Waals surface area contributed by atoms with Crippen LogP contribution < -0.4 is 0 Å². The Morgan fingerprint density at radius 1 is 1.18 bits per heavy atom. The van der Waals surface area contributed by atoms with E-state index in [2.05, 4.69) is 4.98 Å². The average Bonchev–Trinajstić information content (AvgIpc) is 2.72. The SMILES string of the molecule is CN(C)C(=O)c1ccc([C@H]2CCCN(C(=O)CCc3ccc(F)cc3)C2)nc1. The van der Waals surface area contributed by atoms with Gasteiger partial charge in [0.05, 0.1) is 5.56 Å². The molecule has 3 rings (SSSR count). The number of halogens is 1. The standard InChI is InChI=1S/C22H26FN3O2/c1-25(2)22(28)17-8-11-20(24-14-17)18-4-3-13-26(15-18)21(27)12-7-16-5-9-19(23)10-6-16/h5-6,8-11,14,18H,3-4,7,12-13,15H2,1-2H3/t18-/m0/s1. The summed E-state index contributed by atoms with van der Waals surface area (Å²) in [4.78, 5) is 32.5. The molecule has 6 heteroatoms. The van der Waals surface area contributed by atoms with Crippen molar-refractivity contribution in [1.82, 2.24) is 14.8 Å². The van der Waals surface area contributed by atoms with Gasteiger partial charge in [0.25, 0.3) is 5.91 Å². The van der Waals surface area contributed by atoms with Gasteiger partial charge in [0.1, 0.15) is 5.82 Å². The molecule has 0 saturated carbocycles. The summed E-state index contributed by atoms with van der Waals surface area (Å²) in [6.07, 6.45) is 4.57. The number of hydrogen-bond acceptors (Lipinski definition) is 3. The molecule has 28 heavy (non-hydrogen) atoms. The summed E-state index contributed by atoms with van der Waals surface area (Å²) in [6.45, 7) is 1.41. The van der Waals surface area contributed by atoms with Gasteiger partial charge in [0, 0.05) is 51.4 Å². The van der Waals surface area contributed by atoms with Crippen molar-refractivity contribution in [2.45, 2.75) is 31.6 Å². The van der Waals surface area contributed by atoms with E-state index in [-0.39, 0.29) is 23.5 Å². The zero-order valence-corrected chi connectivity index (χ0v) is 16.4. The highest BCUT2D eigenvalue weighted by Crippen LogP contribution is 2.26. The molecule has 0 N–H and O–H groups in total. The van der Waals surface area contributed by atoms with Gasteiger partial charge in [-0.05, 0) is 49.1 Å². The summed E-state index contributed by atoms with van der Waals surface area (Å²) >= 11 is 0. The van der Waals surface area contributed by atoms with Crippen LogP contribution in [0.2, 0.25) is 0 Å². The fraction of sp³-hybridized carbons (Fsp3) is 0.409. The maximum absolute atomic E-state index is 13.0. The Kier molecular flexibility index (Phi) is 6.39. The van der Waals surface area contributed by atoms with Crippen LogP contribution in [0.3, 0.4) is 0 Å². The second kappa shape index (κ2) is 8.95. The number of hydrogen-bond donors (Lipinski definition) is 0. The van der Waals surface area contributed by atoms with Crippen molar-refractivity contribution in [2.24, 2.45) is 0 Å². The van der Waals surface area contributed by atoms with E-state index in [9.17, 15) is 14.0 Å². The first-order valence-electron chi connectivity index (χ1n) is 9.64. The summed E-state index contributed by atoms with van der Waals surface area (Å²) in [6, 6.07) is 10.00. The summed E-state index contributed by atoms with van der Waals surface area (Å²) < 4.78 is 13.0. The summed E-state index contributed by atoms with van der Waals surface area (Å²) in [7, 11) is 3.43. The highest BCUT2D eigenvalue weighted by atomic mass is 19.1. The molecule has 0 bridgehead atoms. The fourth-order valence-corrected chi connectivity index (χ4v) is 3.54. The van der Waals surface area contributed by atoms with E-state index >= 15 is 0 Å². The number of amides is 2. The third-order valence-electron chi connectivity index (χ3n) is 5.17. The number of pyridine rings is 1. The highest BCUT2D eigenvalue weighted by Gasteiger charge is 2.25. The lowest BCUT2D eigenvalue weighted by atomic mass is 9.93. The van der Waals surface area contributed by atoms with Gasteiger partial charge in [0.2, 0.25) is 5.91 Å². The van der Waals surface area contributed by atoms with E-state index < -0.39 is 0 Å². The third kappa shape index (κ3) is 4.94. The van der Waals surface area contributed by atoms with Crippen LogP contribution >= 0.6 is 0 Å². The van der Waals surface area contributed by atoms with Crippen LogP contribution in [-0.4, -0.2) is 53.8 Å². The van der Waals surface area contributed by atoms with Crippen molar-refractivity contribution in [2.75, 3.05) is 27.2 Å². The van der Waals surface area contributed by atoms with Gasteiger partial charge < -0.3 is 9.80 Å². The van der Waals surface area contributed by atoms with E-state index in [4.69, 9.17) is 0 Å². The van der Waals surface area contributed by atoms with E-state index in [1.807, 2.05) is 11.0 Å². The number of piperidine rings is 1. The molecule has 0 unspecified atom stereocenters. The van der Waals surface area contributed by atoms with Crippen LogP contribution in [0.5, 0.6) is 0 Å². The molecule has 1 aliphatic rings. The number of aromatic nitrogens is 1. The van der Waals surface area contributed by atoms with Crippen LogP contribution in [0.25, 0.3) is 0 Å². The van der Waals surface area contributed by atoms with Gasteiger partial charge in [0.15, 0.2) is 0 Å². The smallest absolute Gasteiger partial charge is 0.254 e. The molecule has 1 fully saturated rings. The van der Waals surface area contributed by atoms with Gasteiger partial charge in [-0.3, -0.25) is 14.6 Å². The molecule has 148 valence electrons. The third-order valence-corrected chi connectivity index (χ3v) is 5.17. The first-order chi connectivity index (χ1) is 13.4. The minimum absolute atomic E-state index is 0.0692. The first-order valence-corrected chi connectivity index (χ1v) is 9.64. The minimum Gasteiger partial charge on any atom is -0.345 e. The minimum atomic E-state index is -0.264. The molecule has 0 aliphatic carbocycles. The van der Waals surface area contributed by atoms with Crippen molar-refractivity contribution in [1.29, 1.82) is 0 Å². The lowest BCUT2D eigenvalue weighted by Crippen LogP contribution is -2.39. The Labute approximate surface area is 165 Å². The molecule has 1 aliphatic heterocycles. The quantitative estimate of drug-likeness (QED) is 0.796. The largest absolute Gasteiger partial charge is 0.345 e. The molecule has 5 nitrogen and oxygen atoms in total. The lowest BCUT2D eigenvalue weighted by molar-refractivity contribution is -0.132. The summed E-state index contributed by atoms with van der Waals surface area (Å²) in [5.41, 5.74) is 2.45. The van der Waals surface area contributed by atoms with E-state index in [1.165, 1.54) is 17.0 Å². The van der Waals surface area contributed by atoms with Gasteiger partial charge in [-0.25, -0.2) is 4.39 Å². The number of likely N-dealkylation sites (tertiary alicyclic amines) is 1. The number of benzene rings is 1. The van der Waals surface area contributed by atoms with E-state index in [0.717, 1.165) is 30.6 Å². The topological polar surface area (TPSA) is 53.5 Å². The molecule has 1 aromatic heterocycles. The normalized spacial score (nSPS) is 16.7. The molecule has 0 radical (unpaired) electrons. The van der Waals surface area contributed by atoms with Gasteiger partial charge in [-0.2, -0.15) is 0 Å². The second-order valence-corrected chi connectivity index (χ2v) is 7.48. The monoisotopic (exact) mass is 383 g/mol. The molecule has 1 atom stereocenters. The van der Waals surface area contributed by atoms with E-state index in [0.29, 0.717) is 24.9 Å². The van der Waals surface area contributed by atoms with Crippen molar-refractivity contribution in [3.8, 4) is 0 Å². The molecule has 1 aromatic carbocycles. The highest BCUT2D eigenvalue weighted by molar-refractivity contribution is 5.93. The van der Waals surface area contributed by atoms with Crippen LogP contribution in [0.4, 0.5) is 4.39 Å². The van der Waals surface area contributed by atoms with E-state index in [1.54, 1.807) is 38.5 Å². The van der Waals surface area contributed by atoms with Crippen molar-refractivity contribution >= 4 is 11.8 Å². The predicted octanol–water partition coefficient (Wildman–Crippen LogP) is 3.26. The number of carbonyl (C=O) groups is 2. The lowest BCUT2D eigenvalue weighted by Gasteiger charge is -2.32. The molecule has 2 heterocycles. The Hall–Kier alpha value is -2.76.